The van der Waals surface area contributed by atoms with Crippen LogP contribution in [0.25, 0.3) is 0 Å². The van der Waals surface area contributed by atoms with E-state index < -0.39 is 0 Å². The highest BCUT2D eigenvalue weighted by Gasteiger charge is 2.14. The molecule has 0 aliphatic rings. The number of nitrogens with zero attached hydrogens (tertiary/aromatic N) is 2. The Hall–Kier alpha value is -1.98. The molecular formula is C20H24N2O2S. The van der Waals surface area contributed by atoms with E-state index in [9.17, 15) is 5.11 Å². The second-order valence-electron chi connectivity index (χ2n) is 7.09. The van der Waals surface area contributed by atoms with Crippen molar-refractivity contribution in [3.63, 3.8) is 0 Å². The van der Waals surface area contributed by atoms with E-state index in [1.165, 1.54) is 11.1 Å². The number of furan rings is 1. The Morgan fingerprint density at radius 2 is 1.92 bits per heavy atom. The third-order valence-electron chi connectivity index (χ3n) is 4.15. The molecule has 3 aromatic rings. The van der Waals surface area contributed by atoms with E-state index in [0.717, 1.165) is 22.4 Å². The van der Waals surface area contributed by atoms with Crippen molar-refractivity contribution in [1.82, 2.24) is 9.55 Å². The zero-order valence-electron chi connectivity index (χ0n) is 14.9. The Morgan fingerprint density at radius 1 is 1.16 bits per heavy atom. The van der Waals surface area contributed by atoms with Crippen molar-refractivity contribution in [3.05, 3.63) is 71.4 Å². The molecule has 0 saturated heterocycles. The fourth-order valence-electron chi connectivity index (χ4n) is 2.61. The number of thioether (sulfide) groups is 1. The standard InChI is InChI=1S/C20H24N2O2S/c1-20(2,3)16-8-6-15(7-9-16)14-25-19-21-11-17(13-23)22(19)12-18-5-4-10-24-18/h4-11,23H,12-14H2,1-3H3. The van der Waals surface area contributed by atoms with Gasteiger partial charge in [-0.2, -0.15) is 0 Å². The monoisotopic (exact) mass is 356 g/mol. The lowest BCUT2D eigenvalue weighted by Crippen LogP contribution is -2.10. The quantitative estimate of drug-likeness (QED) is 0.656. The smallest absolute Gasteiger partial charge is 0.168 e. The zero-order chi connectivity index (χ0) is 17.9. The number of hydrogen-bond donors (Lipinski definition) is 1. The van der Waals surface area contributed by atoms with Crippen LogP contribution in [0.1, 0.15) is 43.4 Å². The van der Waals surface area contributed by atoms with Gasteiger partial charge in [0.2, 0.25) is 0 Å². The highest BCUT2D eigenvalue weighted by molar-refractivity contribution is 7.98. The summed E-state index contributed by atoms with van der Waals surface area (Å²) in [6.45, 7) is 7.21. The van der Waals surface area contributed by atoms with Gasteiger partial charge in [-0.1, -0.05) is 56.8 Å². The Balaban J connectivity index is 1.72. The van der Waals surface area contributed by atoms with Crippen LogP contribution in [0.5, 0.6) is 0 Å². The first-order valence-corrected chi connectivity index (χ1v) is 9.36. The second-order valence-corrected chi connectivity index (χ2v) is 8.03. The molecule has 1 aromatic carbocycles. The third-order valence-corrected chi connectivity index (χ3v) is 5.21. The molecular weight excluding hydrogens is 332 g/mol. The third kappa shape index (κ3) is 4.35. The minimum Gasteiger partial charge on any atom is -0.467 e. The van der Waals surface area contributed by atoms with Crippen molar-refractivity contribution in [2.45, 2.75) is 50.2 Å². The molecule has 1 N–H and O–H groups in total. The average Bonchev–Trinajstić information content (AvgIpc) is 3.23. The molecule has 0 atom stereocenters. The predicted octanol–water partition coefficient (Wildman–Crippen LogP) is 4.61. The molecule has 0 aliphatic carbocycles. The number of aliphatic hydroxyl groups is 1. The molecule has 25 heavy (non-hydrogen) atoms. The van der Waals surface area contributed by atoms with Crippen molar-refractivity contribution >= 4 is 11.8 Å². The van der Waals surface area contributed by atoms with Gasteiger partial charge >= 0.3 is 0 Å². The van der Waals surface area contributed by atoms with Crippen molar-refractivity contribution < 1.29 is 9.52 Å². The summed E-state index contributed by atoms with van der Waals surface area (Å²) < 4.78 is 7.44. The van der Waals surface area contributed by atoms with Crippen LogP contribution in [-0.4, -0.2) is 14.7 Å². The summed E-state index contributed by atoms with van der Waals surface area (Å²) in [5.41, 5.74) is 3.56. The molecule has 2 aromatic heterocycles. The first-order chi connectivity index (χ1) is 12.0. The van der Waals surface area contributed by atoms with Gasteiger partial charge in [0.1, 0.15) is 5.76 Å². The van der Waals surface area contributed by atoms with Gasteiger partial charge in [-0.15, -0.1) is 0 Å². The second kappa shape index (κ2) is 7.50. The van der Waals surface area contributed by atoms with E-state index in [2.05, 4.69) is 50.0 Å². The summed E-state index contributed by atoms with van der Waals surface area (Å²) in [5.74, 6) is 1.69. The van der Waals surface area contributed by atoms with Crippen LogP contribution < -0.4 is 0 Å². The number of hydrogen-bond acceptors (Lipinski definition) is 4. The first-order valence-electron chi connectivity index (χ1n) is 8.37. The first kappa shape index (κ1) is 17.8. The van der Waals surface area contributed by atoms with Gasteiger partial charge in [0.05, 0.1) is 31.3 Å². The van der Waals surface area contributed by atoms with Crippen LogP contribution in [0.15, 0.2) is 58.4 Å². The molecule has 5 heteroatoms. The summed E-state index contributed by atoms with van der Waals surface area (Å²) >= 11 is 1.67. The van der Waals surface area contributed by atoms with Gasteiger partial charge in [-0.3, -0.25) is 0 Å². The predicted molar refractivity (Wildman–Crippen MR) is 101 cm³/mol. The summed E-state index contributed by atoms with van der Waals surface area (Å²) in [6.07, 6.45) is 3.39. The Kier molecular flexibility index (Phi) is 5.35. The molecule has 0 amide bonds. The van der Waals surface area contributed by atoms with Gasteiger partial charge in [0.25, 0.3) is 0 Å². The Morgan fingerprint density at radius 3 is 2.52 bits per heavy atom. The van der Waals surface area contributed by atoms with E-state index in [1.54, 1.807) is 24.2 Å². The molecule has 4 nitrogen and oxygen atoms in total. The van der Waals surface area contributed by atoms with E-state index in [4.69, 9.17) is 4.42 Å². The highest BCUT2D eigenvalue weighted by atomic mass is 32.2. The maximum atomic E-state index is 9.55. The van der Waals surface area contributed by atoms with Crippen LogP contribution >= 0.6 is 11.8 Å². The van der Waals surface area contributed by atoms with Crippen LogP contribution in [0.2, 0.25) is 0 Å². The van der Waals surface area contributed by atoms with Crippen molar-refractivity contribution in [3.8, 4) is 0 Å². The lowest BCUT2D eigenvalue weighted by molar-refractivity contribution is 0.269. The van der Waals surface area contributed by atoms with Crippen LogP contribution in [0.4, 0.5) is 0 Å². The van der Waals surface area contributed by atoms with Crippen LogP contribution in [0.3, 0.4) is 0 Å². The van der Waals surface area contributed by atoms with Crippen LogP contribution in [-0.2, 0) is 24.3 Å². The van der Waals surface area contributed by atoms with E-state index in [1.807, 2.05) is 16.7 Å². The molecule has 0 radical (unpaired) electrons. The lowest BCUT2D eigenvalue weighted by Gasteiger charge is -2.19. The minimum atomic E-state index is -0.0332. The van der Waals surface area contributed by atoms with Crippen molar-refractivity contribution in [1.29, 1.82) is 0 Å². The fourth-order valence-corrected chi connectivity index (χ4v) is 3.56. The molecule has 3 rings (SSSR count). The van der Waals surface area contributed by atoms with Gasteiger partial charge in [0, 0.05) is 5.75 Å². The summed E-state index contributed by atoms with van der Waals surface area (Å²) in [7, 11) is 0. The summed E-state index contributed by atoms with van der Waals surface area (Å²) in [5, 5.41) is 10.4. The van der Waals surface area contributed by atoms with E-state index in [-0.39, 0.29) is 12.0 Å². The average molecular weight is 356 g/mol. The SMILES string of the molecule is CC(C)(C)c1ccc(CSc2ncc(CO)n2Cc2ccco2)cc1. The largest absolute Gasteiger partial charge is 0.467 e. The number of imidazole rings is 1. The van der Waals surface area contributed by atoms with Crippen LogP contribution in [0, 0.1) is 0 Å². The summed E-state index contributed by atoms with van der Waals surface area (Å²) in [6, 6.07) is 12.6. The van der Waals surface area contributed by atoms with Crippen molar-refractivity contribution in [2.75, 3.05) is 0 Å². The molecule has 2 heterocycles. The van der Waals surface area contributed by atoms with E-state index >= 15 is 0 Å². The van der Waals surface area contributed by atoms with E-state index in [0.29, 0.717) is 6.54 Å². The zero-order valence-corrected chi connectivity index (χ0v) is 15.7. The minimum absolute atomic E-state index is 0.0332. The van der Waals surface area contributed by atoms with Gasteiger partial charge in [0.15, 0.2) is 5.16 Å². The molecule has 132 valence electrons. The highest BCUT2D eigenvalue weighted by Crippen LogP contribution is 2.26. The van der Waals surface area contributed by atoms with Gasteiger partial charge < -0.3 is 14.1 Å². The Bertz CT molecular complexity index is 799. The van der Waals surface area contributed by atoms with Gasteiger partial charge in [-0.25, -0.2) is 4.98 Å². The molecule has 0 spiro atoms. The molecule has 0 unspecified atom stereocenters. The Labute approximate surface area is 152 Å². The molecule has 0 bridgehead atoms. The molecule has 0 saturated carbocycles. The fraction of sp³-hybridized carbons (Fsp3) is 0.350. The molecule has 0 aliphatic heterocycles. The van der Waals surface area contributed by atoms with Crippen molar-refractivity contribution in [2.24, 2.45) is 0 Å². The van der Waals surface area contributed by atoms with Gasteiger partial charge in [-0.05, 0) is 28.7 Å². The maximum absolute atomic E-state index is 9.55. The summed E-state index contributed by atoms with van der Waals surface area (Å²) in [4.78, 5) is 4.46. The maximum Gasteiger partial charge on any atom is 0.168 e. The molecule has 0 fully saturated rings. The lowest BCUT2D eigenvalue weighted by atomic mass is 9.87. The number of rotatable bonds is 6. The normalized spacial score (nSPS) is 11.8. The topological polar surface area (TPSA) is 51.2 Å². The number of aromatic nitrogens is 2. The number of benzene rings is 1. The number of aliphatic hydroxyl groups excluding tert-OH is 1.